The van der Waals surface area contributed by atoms with E-state index in [-0.39, 0.29) is 0 Å². The van der Waals surface area contributed by atoms with Gasteiger partial charge < -0.3 is 20.3 Å². The molecule has 2 rings (SSSR count). The first-order valence-corrected chi connectivity index (χ1v) is 9.27. The van der Waals surface area contributed by atoms with Crippen LogP contribution in [0.1, 0.15) is 24.0 Å². The molecule has 0 amide bonds. The Labute approximate surface area is 164 Å². The third-order valence-electron chi connectivity index (χ3n) is 4.53. The van der Waals surface area contributed by atoms with Gasteiger partial charge in [0.25, 0.3) is 0 Å². The molecule has 154 valence electrons. The van der Waals surface area contributed by atoms with Gasteiger partial charge in [-0.05, 0) is 31.0 Å². The minimum atomic E-state index is -4.36. The molecule has 1 aliphatic rings. The van der Waals surface area contributed by atoms with Gasteiger partial charge in [-0.1, -0.05) is 17.9 Å². The lowest BCUT2D eigenvalue weighted by Gasteiger charge is -2.32. The molecule has 1 aromatic rings. The third kappa shape index (κ3) is 7.41. The lowest BCUT2D eigenvalue weighted by molar-refractivity contribution is -0.137. The van der Waals surface area contributed by atoms with Crippen LogP contribution in [0.4, 0.5) is 13.2 Å². The van der Waals surface area contributed by atoms with Crippen LogP contribution in [0.3, 0.4) is 0 Å². The van der Waals surface area contributed by atoms with E-state index >= 15 is 0 Å². The van der Waals surface area contributed by atoms with E-state index in [4.69, 9.17) is 4.74 Å². The Morgan fingerprint density at radius 2 is 2.07 bits per heavy atom. The summed E-state index contributed by atoms with van der Waals surface area (Å²) in [5, 5.41) is 6.46. The molecule has 8 heteroatoms. The summed E-state index contributed by atoms with van der Waals surface area (Å²) in [5.74, 6) is 6.24. The summed E-state index contributed by atoms with van der Waals surface area (Å²) < 4.78 is 43.3. The highest BCUT2D eigenvalue weighted by molar-refractivity contribution is 5.80. The summed E-state index contributed by atoms with van der Waals surface area (Å²) in [6.45, 7) is 4.00. The molecule has 0 aromatic heterocycles. The van der Waals surface area contributed by atoms with E-state index in [9.17, 15) is 13.2 Å². The maximum absolute atomic E-state index is 12.7. The Bertz CT molecular complexity index is 701. The average molecular weight is 396 g/mol. The molecule has 1 aromatic carbocycles. The molecule has 0 atom stereocenters. The number of rotatable bonds is 5. The van der Waals surface area contributed by atoms with E-state index in [1.54, 1.807) is 20.2 Å². The molecule has 2 N–H and O–H groups in total. The van der Waals surface area contributed by atoms with Crippen molar-refractivity contribution in [3.05, 3.63) is 35.4 Å². The van der Waals surface area contributed by atoms with Crippen LogP contribution in [0.2, 0.25) is 0 Å². The number of likely N-dealkylation sites (tertiary alicyclic amines) is 1. The number of methoxy groups -OCH3 is 1. The Morgan fingerprint density at radius 1 is 1.32 bits per heavy atom. The molecule has 1 aliphatic heterocycles. The lowest BCUT2D eigenvalue weighted by atomic mass is 10.1. The zero-order valence-electron chi connectivity index (χ0n) is 16.3. The normalized spacial score (nSPS) is 16.4. The standard InChI is InChI=1S/C20H27F3N4O/c1-24-19(26-18-8-11-27(12-9-18)13-14-28-2)25-10-4-6-16-5-3-7-17(15-16)20(21,22)23/h3,5,7,15,18H,8-14H2,1-2H3,(H2,24,25,26). The molecule has 28 heavy (non-hydrogen) atoms. The number of hydrogen-bond donors (Lipinski definition) is 2. The van der Waals surface area contributed by atoms with Gasteiger partial charge in [0.15, 0.2) is 5.96 Å². The molecular weight excluding hydrogens is 369 g/mol. The van der Waals surface area contributed by atoms with E-state index in [1.165, 1.54) is 6.07 Å². The number of aliphatic imine (C=N–C) groups is 1. The molecule has 5 nitrogen and oxygen atoms in total. The first-order valence-electron chi connectivity index (χ1n) is 9.27. The number of halogens is 3. The Balaban J connectivity index is 1.78. The first-order chi connectivity index (χ1) is 13.4. The smallest absolute Gasteiger partial charge is 0.383 e. The molecule has 0 saturated carbocycles. The minimum absolute atomic E-state index is 0.294. The maximum Gasteiger partial charge on any atom is 0.416 e. The van der Waals surface area contributed by atoms with Crippen LogP contribution in [0.25, 0.3) is 0 Å². The number of nitrogens with zero attached hydrogens (tertiary/aromatic N) is 2. The second kappa shape index (κ2) is 10.9. The van der Waals surface area contributed by atoms with Crippen molar-refractivity contribution < 1.29 is 17.9 Å². The zero-order valence-corrected chi connectivity index (χ0v) is 16.3. The molecule has 1 saturated heterocycles. The van der Waals surface area contributed by atoms with Gasteiger partial charge in [0.1, 0.15) is 0 Å². The largest absolute Gasteiger partial charge is 0.416 e. The van der Waals surface area contributed by atoms with Gasteiger partial charge in [-0.2, -0.15) is 13.2 Å². The summed E-state index contributed by atoms with van der Waals surface area (Å²) in [6, 6.07) is 5.35. The fraction of sp³-hybridized carbons (Fsp3) is 0.550. The molecule has 0 unspecified atom stereocenters. The van der Waals surface area contributed by atoms with Gasteiger partial charge in [-0.3, -0.25) is 4.99 Å². The van der Waals surface area contributed by atoms with E-state index in [0.717, 1.165) is 51.2 Å². The van der Waals surface area contributed by atoms with E-state index in [2.05, 4.69) is 32.4 Å². The highest BCUT2D eigenvalue weighted by Crippen LogP contribution is 2.29. The fourth-order valence-electron chi connectivity index (χ4n) is 2.96. The van der Waals surface area contributed by atoms with Crippen molar-refractivity contribution in [2.75, 3.05) is 46.9 Å². The minimum Gasteiger partial charge on any atom is -0.383 e. The average Bonchev–Trinajstić information content (AvgIpc) is 2.69. The van der Waals surface area contributed by atoms with Crippen LogP contribution in [-0.4, -0.2) is 63.8 Å². The van der Waals surface area contributed by atoms with Crippen LogP contribution in [0.15, 0.2) is 29.3 Å². The Hall–Kier alpha value is -2.24. The highest BCUT2D eigenvalue weighted by atomic mass is 19.4. The first kappa shape index (κ1) is 22.1. The predicted molar refractivity (Wildman–Crippen MR) is 104 cm³/mol. The topological polar surface area (TPSA) is 48.9 Å². The second-order valence-corrected chi connectivity index (χ2v) is 6.56. The number of alkyl halides is 3. The van der Waals surface area contributed by atoms with E-state index in [0.29, 0.717) is 24.1 Å². The molecule has 0 bridgehead atoms. The molecule has 0 spiro atoms. The summed E-state index contributed by atoms with van der Waals surface area (Å²) in [7, 11) is 3.39. The molecule has 0 radical (unpaired) electrons. The number of benzene rings is 1. The quantitative estimate of drug-likeness (QED) is 0.456. The van der Waals surface area contributed by atoms with Gasteiger partial charge in [-0.25, -0.2) is 0 Å². The van der Waals surface area contributed by atoms with Crippen molar-refractivity contribution in [3.8, 4) is 11.8 Å². The number of hydrogen-bond acceptors (Lipinski definition) is 3. The maximum atomic E-state index is 12.7. The van der Waals surface area contributed by atoms with E-state index < -0.39 is 11.7 Å². The molecule has 1 heterocycles. The summed E-state index contributed by atoms with van der Waals surface area (Å²) in [5.41, 5.74) is -0.357. The van der Waals surface area contributed by atoms with Gasteiger partial charge in [0, 0.05) is 45.4 Å². The van der Waals surface area contributed by atoms with Crippen LogP contribution < -0.4 is 10.6 Å². The monoisotopic (exact) mass is 396 g/mol. The van der Waals surface area contributed by atoms with Crippen LogP contribution in [0, 0.1) is 11.8 Å². The lowest BCUT2D eigenvalue weighted by Crippen LogP contribution is -2.49. The van der Waals surface area contributed by atoms with Gasteiger partial charge in [-0.15, -0.1) is 0 Å². The van der Waals surface area contributed by atoms with Gasteiger partial charge in [0.05, 0.1) is 18.7 Å². The molecule has 0 aliphatic carbocycles. The van der Waals surface area contributed by atoms with Crippen molar-refractivity contribution in [2.45, 2.75) is 25.1 Å². The highest BCUT2D eigenvalue weighted by Gasteiger charge is 2.30. The molecular formula is C20H27F3N4O. The van der Waals surface area contributed by atoms with Crippen molar-refractivity contribution in [3.63, 3.8) is 0 Å². The number of guanidine groups is 1. The Kier molecular flexibility index (Phi) is 8.61. The summed E-state index contributed by atoms with van der Waals surface area (Å²) in [6.07, 6.45) is -2.33. The SMILES string of the molecule is CN=C(NCC#Cc1cccc(C(F)(F)F)c1)NC1CCN(CCOC)CC1. The number of piperidine rings is 1. The number of nitrogens with one attached hydrogen (secondary N) is 2. The zero-order chi connectivity index (χ0) is 20.4. The van der Waals surface area contributed by atoms with Crippen LogP contribution in [-0.2, 0) is 10.9 Å². The van der Waals surface area contributed by atoms with Crippen LogP contribution >= 0.6 is 0 Å². The van der Waals surface area contributed by atoms with Crippen LogP contribution in [0.5, 0.6) is 0 Å². The van der Waals surface area contributed by atoms with E-state index in [1.807, 2.05) is 0 Å². The Morgan fingerprint density at radius 3 is 2.71 bits per heavy atom. The number of ether oxygens (including phenoxy) is 1. The summed E-state index contributed by atoms with van der Waals surface area (Å²) in [4.78, 5) is 6.56. The van der Waals surface area contributed by atoms with Crippen molar-refractivity contribution in [1.29, 1.82) is 0 Å². The van der Waals surface area contributed by atoms with Gasteiger partial charge in [0.2, 0.25) is 0 Å². The third-order valence-corrected chi connectivity index (χ3v) is 4.53. The second-order valence-electron chi connectivity index (χ2n) is 6.56. The van der Waals surface area contributed by atoms with Gasteiger partial charge >= 0.3 is 6.18 Å². The molecule has 1 fully saturated rings. The van der Waals surface area contributed by atoms with Crippen molar-refractivity contribution in [1.82, 2.24) is 15.5 Å². The van der Waals surface area contributed by atoms with Crippen molar-refractivity contribution >= 4 is 5.96 Å². The van der Waals surface area contributed by atoms with Crippen molar-refractivity contribution in [2.24, 2.45) is 4.99 Å². The summed E-state index contributed by atoms with van der Waals surface area (Å²) >= 11 is 0. The predicted octanol–water partition coefficient (Wildman–Crippen LogP) is 2.33. The fourth-order valence-corrected chi connectivity index (χ4v) is 2.96.